The third kappa shape index (κ3) is 3.69. The van der Waals surface area contributed by atoms with Crippen molar-refractivity contribution in [3.05, 3.63) is 59.2 Å². The molecule has 0 aliphatic carbocycles. The minimum Gasteiger partial charge on any atom is -0.318 e. The van der Waals surface area contributed by atoms with Crippen LogP contribution < -0.4 is 10.6 Å². The predicted octanol–water partition coefficient (Wildman–Crippen LogP) is 3.19. The van der Waals surface area contributed by atoms with Gasteiger partial charge in [0.1, 0.15) is 0 Å². The number of hydrogen-bond donors (Lipinski definition) is 2. The normalized spacial score (nSPS) is 10.0. The fourth-order valence-corrected chi connectivity index (χ4v) is 1.94. The Morgan fingerprint density at radius 1 is 0.762 bits per heavy atom. The second-order valence-electron chi connectivity index (χ2n) is 5.04. The molecule has 0 spiro atoms. The Bertz CT molecular complexity index is 693. The number of para-hydroxylation sites is 1. The fourth-order valence-electron chi connectivity index (χ4n) is 1.94. The van der Waals surface area contributed by atoms with Crippen molar-refractivity contribution >= 4 is 23.2 Å². The van der Waals surface area contributed by atoms with E-state index in [1.165, 1.54) is 0 Å². The summed E-state index contributed by atoms with van der Waals surface area (Å²) in [6.45, 7) is 5.69. The van der Waals surface area contributed by atoms with E-state index in [1.54, 1.807) is 6.07 Å². The molecule has 0 aliphatic rings. The van der Waals surface area contributed by atoms with E-state index in [-0.39, 0.29) is 0 Å². The molecule has 0 saturated heterocycles. The Morgan fingerprint density at radius 3 is 2.00 bits per heavy atom. The third-order valence-corrected chi connectivity index (χ3v) is 3.24. The van der Waals surface area contributed by atoms with Gasteiger partial charge in [-0.25, -0.2) is 0 Å². The maximum Gasteiger partial charge on any atom is 0.314 e. The number of carbonyl (C=O) groups excluding carboxylic acids is 2. The molecule has 0 heterocycles. The number of benzene rings is 2. The van der Waals surface area contributed by atoms with Gasteiger partial charge in [-0.3, -0.25) is 9.59 Å². The van der Waals surface area contributed by atoms with Gasteiger partial charge in [0.05, 0.1) is 0 Å². The van der Waals surface area contributed by atoms with Gasteiger partial charge in [0.15, 0.2) is 0 Å². The topological polar surface area (TPSA) is 58.2 Å². The molecule has 2 aromatic rings. The average Bonchev–Trinajstić information content (AvgIpc) is 2.45. The Hall–Kier alpha value is -2.62. The number of amides is 2. The number of aryl methyl sites for hydroxylation is 3. The molecule has 21 heavy (non-hydrogen) atoms. The van der Waals surface area contributed by atoms with E-state index in [9.17, 15) is 9.59 Å². The summed E-state index contributed by atoms with van der Waals surface area (Å²) in [7, 11) is 0. The molecule has 0 radical (unpaired) electrons. The Labute approximate surface area is 124 Å². The van der Waals surface area contributed by atoms with Crippen LogP contribution in [0.2, 0.25) is 0 Å². The summed E-state index contributed by atoms with van der Waals surface area (Å²) in [5, 5.41) is 5.25. The molecule has 108 valence electrons. The van der Waals surface area contributed by atoms with Gasteiger partial charge in [-0.1, -0.05) is 30.3 Å². The van der Waals surface area contributed by atoms with Crippen molar-refractivity contribution < 1.29 is 9.59 Å². The van der Waals surface area contributed by atoms with Crippen LogP contribution in [0.1, 0.15) is 16.7 Å². The van der Waals surface area contributed by atoms with Crippen molar-refractivity contribution in [2.24, 2.45) is 0 Å². The summed E-state index contributed by atoms with van der Waals surface area (Å²) in [5.41, 5.74) is 4.14. The van der Waals surface area contributed by atoms with Gasteiger partial charge in [0.25, 0.3) is 0 Å². The first-order chi connectivity index (χ1) is 9.97. The van der Waals surface area contributed by atoms with Crippen molar-refractivity contribution in [2.45, 2.75) is 20.8 Å². The predicted molar refractivity (Wildman–Crippen MR) is 84.4 cm³/mol. The molecule has 0 unspecified atom stereocenters. The zero-order valence-corrected chi connectivity index (χ0v) is 12.4. The fraction of sp³-hybridized carbons (Fsp3) is 0.176. The molecule has 0 saturated carbocycles. The SMILES string of the molecule is Cc1ccc(C)c(NC(=O)C(=O)Nc2ccccc2C)c1. The Kier molecular flexibility index (Phi) is 4.38. The monoisotopic (exact) mass is 282 g/mol. The van der Waals surface area contributed by atoms with E-state index in [0.29, 0.717) is 11.4 Å². The minimum atomic E-state index is -0.676. The lowest BCUT2D eigenvalue weighted by molar-refractivity contribution is -0.133. The minimum absolute atomic E-state index is 0.638. The van der Waals surface area contributed by atoms with E-state index in [2.05, 4.69) is 10.6 Å². The molecule has 0 bridgehead atoms. The van der Waals surface area contributed by atoms with Gasteiger partial charge in [-0.2, -0.15) is 0 Å². The highest BCUT2D eigenvalue weighted by Gasteiger charge is 2.15. The number of hydrogen-bond acceptors (Lipinski definition) is 2. The quantitative estimate of drug-likeness (QED) is 0.831. The highest BCUT2D eigenvalue weighted by molar-refractivity contribution is 6.43. The van der Waals surface area contributed by atoms with Crippen LogP contribution >= 0.6 is 0 Å². The summed E-state index contributed by atoms with van der Waals surface area (Å²) in [4.78, 5) is 23.9. The summed E-state index contributed by atoms with van der Waals surface area (Å²) < 4.78 is 0. The van der Waals surface area contributed by atoms with E-state index in [1.807, 2.05) is 57.2 Å². The van der Waals surface area contributed by atoms with Crippen molar-refractivity contribution in [1.82, 2.24) is 0 Å². The van der Waals surface area contributed by atoms with Crippen molar-refractivity contribution in [3.8, 4) is 0 Å². The summed E-state index contributed by atoms with van der Waals surface area (Å²) in [6, 6.07) is 13.0. The molecular formula is C17H18N2O2. The van der Waals surface area contributed by atoms with Crippen molar-refractivity contribution in [3.63, 3.8) is 0 Å². The summed E-state index contributed by atoms with van der Waals surface area (Å²) >= 11 is 0. The number of rotatable bonds is 2. The average molecular weight is 282 g/mol. The first-order valence-corrected chi connectivity index (χ1v) is 6.72. The van der Waals surface area contributed by atoms with E-state index >= 15 is 0 Å². The zero-order chi connectivity index (χ0) is 15.4. The van der Waals surface area contributed by atoms with Crippen LogP contribution in [0, 0.1) is 20.8 Å². The molecule has 2 rings (SSSR count). The van der Waals surface area contributed by atoms with Crippen LogP contribution in [0.25, 0.3) is 0 Å². The van der Waals surface area contributed by atoms with E-state index < -0.39 is 11.8 Å². The number of anilines is 2. The molecule has 0 atom stereocenters. The lowest BCUT2D eigenvalue weighted by Gasteiger charge is -2.10. The van der Waals surface area contributed by atoms with Crippen LogP contribution in [0.15, 0.2) is 42.5 Å². The molecule has 4 nitrogen and oxygen atoms in total. The van der Waals surface area contributed by atoms with Crippen molar-refractivity contribution in [2.75, 3.05) is 10.6 Å². The molecule has 4 heteroatoms. The van der Waals surface area contributed by atoms with Crippen LogP contribution in [-0.2, 0) is 9.59 Å². The third-order valence-electron chi connectivity index (χ3n) is 3.24. The lowest BCUT2D eigenvalue weighted by Crippen LogP contribution is -2.29. The number of carbonyl (C=O) groups is 2. The van der Waals surface area contributed by atoms with Gasteiger partial charge in [0, 0.05) is 11.4 Å². The molecule has 0 fully saturated rings. The molecule has 2 amide bonds. The largest absolute Gasteiger partial charge is 0.318 e. The first-order valence-electron chi connectivity index (χ1n) is 6.72. The summed E-state index contributed by atoms with van der Waals surface area (Å²) in [6.07, 6.45) is 0. The summed E-state index contributed by atoms with van der Waals surface area (Å²) in [5.74, 6) is -1.35. The van der Waals surface area contributed by atoms with Gasteiger partial charge >= 0.3 is 11.8 Å². The van der Waals surface area contributed by atoms with E-state index in [4.69, 9.17) is 0 Å². The van der Waals surface area contributed by atoms with Crippen LogP contribution in [0.4, 0.5) is 11.4 Å². The van der Waals surface area contributed by atoms with Gasteiger partial charge in [-0.05, 0) is 49.6 Å². The molecule has 2 N–H and O–H groups in total. The second-order valence-corrected chi connectivity index (χ2v) is 5.04. The molecule has 0 aliphatic heterocycles. The van der Waals surface area contributed by atoms with Crippen LogP contribution in [-0.4, -0.2) is 11.8 Å². The Balaban J connectivity index is 2.08. The highest BCUT2D eigenvalue weighted by atomic mass is 16.2. The van der Waals surface area contributed by atoms with Gasteiger partial charge in [-0.15, -0.1) is 0 Å². The molecule has 2 aromatic carbocycles. The molecular weight excluding hydrogens is 264 g/mol. The first kappa shape index (κ1) is 14.8. The maximum atomic E-state index is 12.0. The maximum absolute atomic E-state index is 12.0. The van der Waals surface area contributed by atoms with Crippen LogP contribution in [0.5, 0.6) is 0 Å². The van der Waals surface area contributed by atoms with Crippen LogP contribution in [0.3, 0.4) is 0 Å². The number of nitrogens with one attached hydrogen (secondary N) is 2. The van der Waals surface area contributed by atoms with Gasteiger partial charge < -0.3 is 10.6 Å². The molecule has 0 aromatic heterocycles. The standard InChI is InChI=1S/C17H18N2O2/c1-11-8-9-13(3)15(10-11)19-17(21)16(20)18-14-7-5-4-6-12(14)2/h4-10H,1-3H3,(H,18,20)(H,19,21). The Morgan fingerprint density at radius 2 is 1.33 bits per heavy atom. The van der Waals surface area contributed by atoms with Gasteiger partial charge in [0.2, 0.25) is 0 Å². The highest BCUT2D eigenvalue weighted by Crippen LogP contribution is 2.17. The van der Waals surface area contributed by atoms with E-state index in [0.717, 1.165) is 16.7 Å². The second kappa shape index (κ2) is 6.22. The van der Waals surface area contributed by atoms with Crippen molar-refractivity contribution in [1.29, 1.82) is 0 Å². The smallest absolute Gasteiger partial charge is 0.314 e. The zero-order valence-electron chi connectivity index (χ0n) is 12.4. The lowest BCUT2D eigenvalue weighted by atomic mass is 10.1.